The van der Waals surface area contributed by atoms with Gasteiger partial charge in [0, 0.05) is 31.0 Å². The maximum absolute atomic E-state index is 13.9. The van der Waals surface area contributed by atoms with E-state index in [0.29, 0.717) is 12.6 Å². The Bertz CT molecular complexity index is 795. The molecule has 2 aromatic rings. The SMILES string of the molecule is O=C(NCc1cc(C(F)(F)F)ccc1F)N1CCCC[C@@H]1c1cccnc1. The number of urea groups is 1. The number of nitrogens with zero attached hydrogens (tertiary/aromatic N) is 2. The highest BCUT2D eigenvalue weighted by Gasteiger charge is 2.31. The van der Waals surface area contributed by atoms with Gasteiger partial charge in [-0.2, -0.15) is 13.2 Å². The molecule has 1 aromatic heterocycles. The summed E-state index contributed by atoms with van der Waals surface area (Å²) in [7, 11) is 0. The first-order chi connectivity index (χ1) is 12.9. The molecule has 0 spiro atoms. The Balaban J connectivity index is 1.71. The normalized spacial score (nSPS) is 17.6. The number of likely N-dealkylation sites (tertiary alicyclic amines) is 1. The quantitative estimate of drug-likeness (QED) is 0.785. The number of aromatic nitrogens is 1. The number of benzene rings is 1. The molecule has 1 fully saturated rings. The predicted molar refractivity (Wildman–Crippen MR) is 91.2 cm³/mol. The van der Waals surface area contributed by atoms with Crippen LogP contribution in [0.2, 0.25) is 0 Å². The van der Waals surface area contributed by atoms with Gasteiger partial charge in [0.1, 0.15) is 5.82 Å². The molecule has 2 heterocycles. The zero-order valence-electron chi connectivity index (χ0n) is 14.5. The molecule has 1 aliphatic rings. The second kappa shape index (κ2) is 7.94. The van der Waals surface area contributed by atoms with Crippen LogP contribution < -0.4 is 5.32 Å². The molecule has 144 valence electrons. The van der Waals surface area contributed by atoms with E-state index in [1.807, 2.05) is 6.07 Å². The van der Waals surface area contributed by atoms with Crippen molar-refractivity contribution >= 4 is 6.03 Å². The largest absolute Gasteiger partial charge is 0.416 e. The molecule has 1 saturated heterocycles. The Hall–Kier alpha value is -2.64. The van der Waals surface area contributed by atoms with Crippen molar-refractivity contribution in [1.82, 2.24) is 15.2 Å². The molecule has 1 aliphatic heterocycles. The maximum atomic E-state index is 13.9. The van der Waals surface area contributed by atoms with Crippen LogP contribution >= 0.6 is 0 Å². The summed E-state index contributed by atoms with van der Waals surface area (Å²) >= 11 is 0. The minimum absolute atomic E-state index is 0.154. The lowest BCUT2D eigenvalue weighted by Gasteiger charge is -2.35. The van der Waals surface area contributed by atoms with Crippen molar-refractivity contribution in [1.29, 1.82) is 0 Å². The summed E-state index contributed by atoms with van der Waals surface area (Å²) in [5, 5.41) is 2.55. The highest BCUT2D eigenvalue weighted by molar-refractivity contribution is 5.75. The van der Waals surface area contributed by atoms with E-state index in [1.54, 1.807) is 23.4 Å². The molecule has 1 N–H and O–H groups in total. The van der Waals surface area contributed by atoms with Crippen molar-refractivity contribution < 1.29 is 22.4 Å². The Morgan fingerprint density at radius 3 is 2.78 bits per heavy atom. The third-order valence-corrected chi connectivity index (χ3v) is 4.64. The lowest BCUT2D eigenvalue weighted by Crippen LogP contribution is -2.44. The van der Waals surface area contributed by atoms with Crippen molar-refractivity contribution in [2.24, 2.45) is 0 Å². The first-order valence-electron chi connectivity index (χ1n) is 8.66. The van der Waals surface area contributed by atoms with E-state index in [4.69, 9.17) is 0 Å². The Morgan fingerprint density at radius 2 is 2.07 bits per heavy atom. The van der Waals surface area contributed by atoms with Crippen molar-refractivity contribution in [3.05, 3.63) is 65.2 Å². The fourth-order valence-electron chi connectivity index (χ4n) is 3.25. The van der Waals surface area contributed by atoms with Crippen molar-refractivity contribution in [3.63, 3.8) is 0 Å². The smallest absolute Gasteiger partial charge is 0.334 e. The molecule has 2 amide bonds. The Labute approximate surface area is 154 Å². The van der Waals surface area contributed by atoms with Crippen LogP contribution in [0.4, 0.5) is 22.4 Å². The molecule has 1 aromatic carbocycles. The Morgan fingerprint density at radius 1 is 1.26 bits per heavy atom. The van der Waals surface area contributed by atoms with Gasteiger partial charge in [-0.15, -0.1) is 0 Å². The standard InChI is InChI=1S/C19H19F4N3O/c20-16-7-6-15(19(21,22)23)10-14(16)12-25-18(27)26-9-2-1-5-17(26)13-4-3-8-24-11-13/h3-4,6-8,10-11,17H,1-2,5,9,12H2,(H,25,27)/t17-/m1/s1. The fourth-order valence-corrected chi connectivity index (χ4v) is 3.25. The van der Waals surface area contributed by atoms with E-state index in [1.165, 1.54) is 0 Å². The summed E-state index contributed by atoms with van der Waals surface area (Å²) in [6.45, 7) is 0.210. The van der Waals surface area contributed by atoms with Crippen LogP contribution in [-0.2, 0) is 12.7 Å². The average Bonchev–Trinajstić information content (AvgIpc) is 2.67. The molecular weight excluding hydrogens is 362 g/mol. The van der Waals surface area contributed by atoms with E-state index in [-0.39, 0.29) is 18.2 Å². The van der Waals surface area contributed by atoms with Gasteiger partial charge < -0.3 is 10.2 Å². The number of nitrogens with one attached hydrogen (secondary N) is 1. The van der Waals surface area contributed by atoms with Crippen LogP contribution in [0.3, 0.4) is 0 Å². The van der Waals surface area contributed by atoms with Gasteiger partial charge in [-0.3, -0.25) is 4.98 Å². The minimum atomic E-state index is -4.56. The lowest BCUT2D eigenvalue weighted by molar-refractivity contribution is -0.137. The molecular formula is C19H19F4N3O. The van der Waals surface area contributed by atoms with E-state index in [9.17, 15) is 22.4 Å². The molecule has 0 radical (unpaired) electrons. The van der Waals surface area contributed by atoms with Gasteiger partial charge >= 0.3 is 12.2 Å². The van der Waals surface area contributed by atoms with Gasteiger partial charge in [-0.05, 0) is 49.1 Å². The average molecular weight is 381 g/mol. The highest BCUT2D eigenvalue weighted by Crippen LogP contribution is 2.31. The van der Waals surface area contributed by atoms with Gasteiger partial charge in [0.05, 0.1) is 11.6 Å². The molecule has 0 saturated carbocycles. The van der Waals surface area contributed by atoms with Crippen molar-refractivity contribution in [2.45, 2.75) is 38.0 Å². The van der Waals surface area contributed by atoms with Crippen LogP contribution in [0, 0.1) is 5.82 Å². The monoisotopic (exact) mass is 381 g/mol. The summed E-state index contributed by atoms with van der Waals surface area (Å²) in [6, 6.07) is 5.27. The minimum Gasteiger partial charge on any atom is -0.334 e. The first kappa shape index (κ1) is 19.1. The molecule has 8 heteroatoms. The van der Waals surface area contributed by atoms with E-state index >= 15 is 0 Å². The van der Waals surface area contributed by atoms with E-state index in [2.05, 4.69) is 10.3 Å². The third-order valence-electron chi connectivity index (χ3n) is 4.64. The van der Waals surface area contributed by atoms with Crippen LogP contribution in [-0.4, -0.2) is 22.5 Å². The van der Waals surface area contributed by atoms with Gasteiger partial charge in [0.25, 0.3) is 0 Å². The summed E-state index contributed by atoms with van der Waals surface area (Å²) in [6.07, 6.45) is 1.35. The summed E-state index contributed by atoms with van der Waals surface area (Å²) in [5.41, 5.74) is -0.245. The summed E-state index contributed by atoms with van der Waals surface area (Å²) in [4.78, 5) is 18.3. The zero-order chi connectivity index (χ0) is 19.4. The van der Waals surface area contributed by atoms with Gasteiger partial charge in [-0.25, -0.2) is 9.18 Å². The molecule has 1 atom stereocenters. The van der Waals surface area contributed by atoms with E-state index < -0.39 is 23.6 Å². The second-order valence-electron chi connectivity index (χ2n) is 6.45. The molecule has 4 nitrogen and oxygen atoms in total. The molecule has 3 rings (SSSR count). The van der Waals surface area contributed by atoms with Crippen molar-refractivity contribution in [2.75, 3.05) is 6.54 Å². The second-order valence-corrected chi connectivity index (χ2v) is 6.45. The predicted octanol–water partition coefficient (Wildman–Crippen LogP) is 4.68. The molecule has 0 unspecified atom stereocenters. The van der Waals surface area contributed by atoms with Gasteiger partial charge in [-0.1, -0.05) is 6.07 Å². The third kappa shape index (κ3) is 4.56. The number of hydrogen-bond donors (Lipinski definition) is 1. The topological polar surface area (TPSA) is 45.2 Å². The Kier molecular flexibility index (Phi) is 5.62. The molecule has 27 heavy (non-hydrogen) atoms. The summed E-state index contributed by atoms with van der Waals surface area (Å²) in [5.74, 6) is -0.786. The number of carbonyl (C=O) groups excluding carboxylic acids is 1. The van der Waals surface area contributed by atoms with Crippen LogP contribution in [0.25, 0.3) is 0 Å². The number of rotatable bonds is 3. The number of piperidine rings is 1. The van der Waals surface area contributed by atoms with Gasteiger partial charge in [0.15, 0.2) is 0 Å². The molecule has 0 bridgehead atoms. The number of hydrogen-bond acceptors (Lipinski definition) is 2. The maximum Gasteiger partial charge on any atom is 0.416 e. The number of amides is 2. The lowest BCUT2D eigenvalue weighted by atomic mass is 9.97. The number of pyridine rings is 1. The number of carbonyl (C=O) groups is 1. The van der Waals surface area contributed by atoms with Crippen LogP contribution in [0.5, 0.6) is 0 Å². The highest BCUT2D eigenvalue weighted by atomic mass is 19.4. The van der Waals surface area contributed by atoms with E-state index in [0.717, 1.165) is 37.0 Å². The number of alkyl halides is 3. The van der Waals surface area contributed by atoms with Gasteiger partial charge in [0.2, 0.25) is 0 Å². The fraction of sp³-hybridized carbons (Fsp3) is 0.368. The van der Waals surface area contributed by atoms with Crippen LogP contribution in [0.1, 0.15) is 42.0 Å². The molecule has 0 aliphatic carbocycles. The number of halogens is 4. The summed E-state index contributed by atoms with van der Waals surface area (Å²) < 4.78 is 52.3. The van der Waals surface area contributed by atoms with Crippen LogP contribution in [0.15, 0.2) is 42.7 Å². The van der Waals surface area contributed by atoms with Crippen molar-refractivity contribution in [3.8, 4) is 0 Å². The first-order valence-corrected chi connectivity index (χ1v) is 8.66. The zero-order valence-corrected chi connectivity index (χ0v) is 14.5.